The van der Waals surface area contributed by atoms with Gasteiger partial charge in [0.1, 0.15) is 29.7 Å². The molecule has 0 saturated carbocycles. The van der Waals surface area contributed by atoms with Crippen LogP contribution in [0.15, 0.2) is 43.1 Å². The van der Waals surface area contributed by atoms with Crippen LogP contribution in [0.3, 0.4) is 0 Å². The molecule has 5 heterocycles. The summed E-state index contributed by atoms with van der Waals surface area (Å²) in [4.78, 5) is 26.8. The van der Waals surface area contributed by atoms with E-state index < -0.39 is 11.6 Å². The number of aromatic nitrogens is 4. The molecule has 0 spiro atoms. The summed E-state index contributed by atoms with van der Waals surface area (Å²) >= 11 is 0. The molecule has 0 fully saturated rings. The Morgan fingerprint density at radius 3 is 2.68 bits per heavy atom. The molecule has 9 nitrogen and oxygen atoms in total. The number of hydrogen-bond donors (Lipinski definition) is 0. The molecule has 0 radical (unpaired) electrons. The number of rotatable bonds is 8. The second-order valence-corrected chi connectivity index (χ2v) is 12.5. The van der Waals surface area contributed by atoms with E-state index in [9.17, 15) is 9.18 Å². The number of benzene rings is 1. The van der Waals surface area contributed by atoms with Gasteiger partial charge in [-0.15, -0.1) is 0 Å². The summed E-state index contributed by atoms with van der Waals surface area (Å²) in [6.07, 6.45) is 6.42. The maximum absolute atomic E-state index is 16.1. The minimum atomic E-state index is -0.735. The molecule has 1 amide bonds. The molecule has 4 aromatic rings. The first-order valence-electron chi connectivity index (χ1n) is 16.1. The van der Waals surface area contributed by atoms with Crippen molar-refractivity contribution >= 4 is 5.91 Å². The molecule has 1 aromatic carbocycles. The number of nitrogens with zero attached hydrogens (tertiary/aromatic N) is 6. The Hall–Kier alpha value is -4.48. The molecular weight excluding hydrogens is 602 g/mol. The highest BCUT2D eigenvalue weighted by Crippen LogP contribution is 2.47. The molecule has 1 unspecified atom stereocenters. The third kappa shape index (κ3) is 5.61. The van der Waals surface area contributed by atoms with Crippen molar-refractivity contribution in [2.24, 2.45) is 0 Å². The Balaban J connectivity index is 1.46. The van der Waals surface area contributed by atoms with E-state index in [-0.39, 0.29) is 36.5 Å². The quantitative estimate of drug-likeness (QED) is 0.185. The van der Waals surface area contributed by atoms with Crippen LogP contribution in [0.25, 0.3) is 33.8 Å². The number of amides is 1. The maximum Gasteiger partial charge on any atom is 0.246 e. The second-order valence-electron chi connectivity index (χ2n) is 12.5. The van der Waals surface area contributed by atoms with Crippen molar-refractivity contribution in [1.29, 1.82) is 0 Å². The molecule has 11 heteroatoms. The fraction of sp³-hybridized carbons (Fsp3) is 0.389. The predicted octanol–water partition coefficient (Wildman–Crippen LogP) is 5.54. The van der Waals surface area contributed by atoms with E-state index in [1.54, 1.807) is 12.0 Å². The average molecular weight is 641 g/mol. The highest BCUT2D eigenvalue weighted by atomic mass is 19.1. The second kappa shape index (κ2) is 12.6. The SMILES string of the molecule is C=CC(=O)N1CCn2nc(-c3nc(-c4cnc5c(c4)CN(C)CC5)c4c(c3-c3c(F)cc(F)cc3OCCOC)CCC4)cc2C1C. The summed E-state index contributed by atoms with van der Waals surface area (Å²) in [5.41, 5.74) is 8.52. The van der Waals surface area contributed by atoms with Gasteiger partial charge >= 0.3 is 0 Å². The van der Waals surface area contributed by atoms with E-state index in [4.69, 9.17) is 24.5 Å². The lowest BCUT2D eigenvalue weighted by Gasteiger charge is -2.33. The molecule has 0 saturated heterocycles. The Labute approximate surface area is 272 Å². The lowest BCUT2D eigenvalue weighted by molar-refractivity contribution is -0.129. The van der Waals surface area contributed by atoms with Crippen molar-refractivity contribution in [2.45, 2.75) is 51.7 Å². The molecule has 3 aromatic heterocycles. The normalized spacial score (nSPS) is 17.3. The molecule has 7 rings (SSSR count). The molecule has 0 bridgehead atoms. The summed E-state index contributed by atoms with van der Waals surface area (Å²) < 4.78 is 43.8. The lowest BCUT2D eigenvalue weighted by atomic mass is 9.90. The van der Waals surface area contributed by atoms with Crippen LogP contribution in [-0.4, -0.2) is 75.9 Å². The van der Waals surface area contributed by atoms with Crippen molar-refractivity contribution < 1.29 is 23.0 Å². The first-order chi connectivity index (χ1) is 22.8. The van der Waals surface area contributed by atoms with Gasteiger partial charge in [-0.05, 0) is 68.1 Å². The third-order valence-corrected chi connectivity index (χ3v) is 9.54. The van der Waals surface area contributed by atoms with Gasteiger partial charge in [0.2, 0.25) is 5.91 Å². The van der Waals surface area contributed by atoms with Crippen LogP contribution in [0.4, 0.5) is 8.78 Å². The Morgan fingerprint density at radius 1 is 1.04 bits per heavy atom. The van der Waals surface area contributed by atoms with Crippen molar-refractivity contribution in [3.05, 3.63) is 82.8 Å². The Bertz CT molecular complexity index is 1890. The summed E-state index contributed by atoms with van der Waals surface area (Å²) in [7, 11) is 3.65. The van der Waals surface area contributed by atoms with Crippen LogP contribution >= 0.6 is 0 Å². The van der Waals surface area contributed by atoms with Gasteiger partial charge in [-0.1, -0.05) is 6.58 Å². The molecule has 47 heavy (non-hydrogen) atoms. The van der Waals surface area contributed by atoms with E-state index >= 15 is 4.39 Å². The summed E-state index contributed by atoms with van der Waals surface area (Å²) in [6.45, 7) is 8.73. The maximum atomic E-state index is 16.1. The molecular formula is C36H38F2N6O3. The van der Waals surface area contributed by atoms with E-state index in [1.165, 1.54) is 17.7 Å². The first-order valence-corrected chi connectivity index (χ1v) is 16.1. The van der Waals surface area contributed by atoms with E-state index in [0.29, 0.717) is 36.5 Å². The zero-order valence-corrected chi connectivity index (χ0v) is 27.0. The van der Waals surface area contributed by atoms with Crippen LogP contribution < -0.4 is 4.74 Å². The monoisotopic (exact) mass is 640 g/mol. The van der Waals surface area contributed by atoms with Crippen molar-refractivity contribution in [3.63, 3.8) is 0 Å². The molecule has 244 valence electrons. The van der Waals surface area contributed by atoms with Gasteiger partial charge in [0.25, 0.3) is 0 Å². The number of halogens is 2. The summed E-state index contributed by atoms with van der Waals surface area (Å²) in [5.74, 6) is -1.53. The van der Waals surface area contributed by atoms with E-state index in [1.807, 2.05) is 23.9 Å². The van der Waals surface area contributed by atoms with E-state index in [0.717, 1.165) is 72.2 Å². The number of pyridine rings is 2. The number of carbonyl (C=O) groups excluding carboxylic acids is 1. The highest BCUT2D eigenvalue weighted by Gasteiger charge is 2.33. The number of carbonyl (C=O) groups is 1. The van der Waals surface area contributed by atoms with Gasteiger partial charge in [0.15, 0.2) is 0 Å². The van der Waals surface area contributed by atoms with Gasteiger partial charge in [-0.2, -0.15) is 5.10 Å². The molecule has 1 aliphatic carbocycles. The van der Waals surface area contributed by atoms with Crippen molar-refractivity contribution in [3.8, 4) is 39.5 Å². The van der Waals surface area contributed by atoms with Crippen molar-refractivity contribution in [2.75, 3.05) is 40.5 Å². The number of likely N-dealkylation sites (N-methyl/N-ethyl adjacent to an activating group) is 1. The number of fused-ring (bicyclic) bond motifs is 3. The fourth-order valence-corrected chi connectivity index (χ4v) is 7.23. The standard InChI is InChI=1S/C36H38F2N6O3/c1-5-32(45)43-11-12-44-30(21(43)2)18-29(41-44)36-33(34-27(38)16-24(37)17-31(34)47-14-13-46-4)25-7-6-8-26(25)35(40-36)22-15-23-20-42(3)10-9-28(23)39-19-22/h5,15-19,21H,1,6-14,20H2,2-4H3. The van der Waals surface area contributed by atoms with Gasteiger partial charge in [-0.25, -0.2) is 13.8 Å². The number of methoxy groups -OCH3 is 1. The fourth-order valence-electron chi connectivity index (χ4n) is 7.23. The lowest BCUT2D eigenvalue weighted by Crippen LogP contribution is -2.40. The summed E-state index contributed by atoms with van der Waals surface area (Å²) in [5, 5.41) is 4.98. The minimum Gasteiger partial charge on any atom is -0.490 e. The largest absolute Gasteiger partial charge is 0.490 e. The van der Waals surface area contributed by atoms with Crippen molar-refractivity contribution in [1.82, 2.24) is 29.5 Å². The molecule has 1 atom stereocenters. The van der Waals surface area contributed by atoms with Crippen LogP contribution in [0, 0.1) is 11.6 Å². The molecule has 3 aliphatic rings. The van der Waals surface area contributed by atoms with Crippen LogP contribution in [0.5, 0.6) is 5.75 Å². The molecule has 0 N–H and O–H groups in total. The minimum absolute atomic E-state index is 0.0861. The summed E-state index contributed by atoms with van der Waals surface area (Å²) in [6, 6.07) is 5.96. The number of hydrogen-bond acceptors (Lipinski definition) is 7. The van der Waals surface area contributed by atoms with Crippen LogP contribution in [0.2, 0.25) is 0 Å². The predicted molar refractivity (Wildman–Crippen MR) is 174 cm³/mol. The van der Waals surface area contributed by atoms with Gasteiger partial charge in [0, 0.05) is 68.3 Å². The zero-order valence-electron chi connectivity index (χ0n) is 27.0. The topological polar surface area (TPSA) is 85.6 Å². The molecule has 2 aliphatic heterocycles. The van der Waals surface area contributed by atoms with Gasteiger partial charge in [0.05, 0.1) is 41.8 Å². The number of ether oxygens (including phenoxy) is 2. The van der Waals surface area contributed by atoms with Gasteiger partial charge in [-0.3, -0.25) is 14.5 Å². The third-order valence-electron chi connectivity index (χ3n) is 9.54. The first kappa shape index (κ1) is 31.1. The van der Waals surface area contributed by atoms with E-state index in [2.05, 4.69) is 24.6 Å². The van der Waals surface area contributed by atoms with Gasteiger partial charge < -0.3 is 19.3 Å². The van der Waals surface area contributed by atoms with Crippen LogP contribution in [0.1, 0.15) is 47.5 Å². The zero-order chi connectivity index (χ0) is 32.8. The Morgan fingerprint density at radius 2 is 1.87 bits per heavy atom. The average Bonchev–Trinajstić information content (AvgIpc) is 3.72. The van der Waals surface area contributed by atoms with Crippen LogP contribution in [-0.2, 0) is 41.9 Å². The highest BCUT2D eigenvalue weighted by molar-refractivity contribution is 5.90. The smallest absolute Gasteiger partial charge is 0.246 e. The Kier molecular flexibility index (Phi) is 8.36.